The van der Waals surface area contributed by atoms with Gasteiger partial charge in [-0.2, -0.15) is 0 Å². The van der Waals surface area contributed by atoms with Crippen LogP contribution in [0.15, 0.2) is 18.3 Å². The summed E-state index contributed by atoms with van der Waals surface area (Å²) in [4.78, 5) is 28.1. The molecule has 0 unspecified atom stereocenters. The van der Waals surface area contributed by atoms with E-state index in [4.69, 9.17) is 4.74 Å². The summed E-state index contributed by atoms with van der Waals surface area (Å²) >= 11 is 0. The monoisotopic (exact) mass is 384 g/mol. The Morgan fingerprint density at radius 2 is 1.92 bits per heavy atom. The summed E-state index contributed by atoms with van der Waals surface area (Å²) in [5, 5.41) is 5.43. The van der Waals surface area contributed by atoms with E-state index in [0.717, 1.165) is 6.26 Å². The van der Waals surface area contributed by atoms with Crippen LogP contribution in [0.5, 0.6) is 5.75 Å². The van der Waals surface area contributed by atoms with Gasteiger partial charge in [-0.15, -0.1) is 0 Å². The fourth-order valence-corrected chi connectivity index (χ4v) is 3.44. The number of hydrogen-bond acceptors (Lipinski definition) is 6. The van der Waals surface area contributed by atoms with Gasteiger partial charge in [-0.05, 0) is 25.0 Å². The Morgan fingerprint density at radius 1 is 1.15 bits per heavy atom. The minimum absolute atomic E-state index is 0.158. The molecule has 1 aromatic heterocycles. The molecule has 0 saturated carbocycles. The summed E-state index contributed by atoms with van der Waals surface area (Å²) in [6.07, 6.45) is 3.75. The third-order valence-electron chi connectivity index (χ3n) is 3.82. The van der Waals surface area contributed by atoms with Crippen LogP contribution in [0.2, 0.25) is 0 Å². The van der Waals surface area contributed by atoms with E-state index in [1.807, 2.05) is 0 Å². The molecule has 1 aromatic rings. The van der Waals surface area contributed by atoms with Crippen LogP contribution in [0.25, 0.3) is 0 Å². The van der Waals surface area contributed by atoms with Gasteiger partial charge in [0.1, 0.15) is 6.61 Å². The molecule has 9 nitrogen and oxygen atoms in total. The summed E-state index contributed by atoms with van der Waals surface area (Å²) in [6, 6.07) is 3.30. The summed E-state index contributed by atoms with van der Waals surface area (Å²) in [5.41, 5.74) is 0.158. The maximum Gasteiger partial charge on any atom is 0.273 e. The van der Waals surface area contributed by atoms with Crippen molar-refractivity contribution < 1.29 is 22.7 Å². The number of fused-ring (bicyclic) bond motifs is 1. The zero-order chi connectivity index (χ0) is 19.0. The van der Waals surface area contributed by atoms with Crippen LogP contribution < -0.4 is 15.4 Å². The minimum atomic E-state index is -3.37. The molecule has 0 aliphatic carbocycles. The quantitative estimate of drug-likeness (QED) is 0.690. The van der Waals surface area contributed by atoms with E-state index in [-0.39, 0.29) is 50.2 Å². The van der Waals surface area contributed by atoms with Crippen molar-refractivity contribution >= 4 is 21.8 Å². The van der Waals surface area contributed by atoms with Crippen molar-refractivity contribution in [3.8, 4) is 5.75 Å². The Bertz CT molecular complexity index is 738. The maximum atomic E-state index is 12.3. The van der Waals surface area contributed by atoms with Crippen LogP contribution in [-0.4, -0.2) is 68.6 Å². The van der Waals surface area contributed by atoms with Crippen LogP contribution in [-0.2, 0) is 14.8 Å². The first-order chi connectivity index (χ1) is 12.4. The molecule has 1 aliphatic rings. The van der Waals surface area contributed by atoms with Crippen LogP contribution in [0.4, 0.5) is 0 Å². The van der Waals surface area contributed by atoms with Gasteiger partial charge in [0.15, 0.2) is 11.4 Å². The molecule has 10 heteroatoms. The van der Waals surface area contributed by atoms with Gasteiger partial charge in [0, 0.05) is 32.3 Å². The normalized spacial score (nSPS) is 19.0. The van der Waals surface area contributed by atoms with Crippen LogP contribution in [0, 0.1) is 0 Å². The molecule has 2 amide bonds. The first kappa shape index (κ1) is 20.1. The van der Waals surface area contributed by atoms with E-state index < -0.39 is 10.0 Å². The zero-order valence-corrected chi connectivity index (χ0v) is 15.5. The predicted octanol–water partition coefficient (Wildman–Crippen LogP) is -0.248. The summed E-state index contributed by atoms with van der Waals surface area (Å²) in [5.74, 6) is -0.218. The van der Waals surface area contributed by atoms with Crippen molar-refractivity contribution in [3.63, 3.8) is 0 Å². The smallest absolute Gasteiger partial charge is 0.273 e. The average molecular weight is 384 g/mol. The molecule has 0 aromatic carbocycles. The topological polar surface area (TPSA) is 118 Å². The molecule has 0 radical (unpaired) electrons. The van der Waals surface area contributed by atoms with Gasteiger partial charge in [0.05, 0.1) is 12.8 Å². The molecule has 0 atom stereocenters. The Hall–Kier alpha value is -2.20. The number of aromatic nitrogens is 1. The summed E-state index contributed by atoms with van der Waals surface area (Å²) in [7, 11) is -3.37. The Kier molecular flexibility index (Phi) is 7.34. The molecule has 0 bridgehead atoms. The number of amides is 2. The number of sulfonamides is 1. The molecule has 0 spiro atoms. The third-order valence-corrected chi connectivity index (χ3v) is 5.12. The van der Waals surface area contributed by atoms with Crippen LogP contribution in [0.1, 0.15) is 29.8 Å². The second-order valence-electron chi connectivity index (χ2n) is 5.92. The number of ether oxygens (including phenoxy) is 1. The van der Waals surface area contributed by atoms with Crippen molar-refractivity contribution in [3.05, 3.63) is 24.0 Å². The van der Waals surface area contributed by atoms with Crippen molar-refractivity contribution in [1.29, 1.82) is 0 Å². The standard InChI is InChI=1S/C16H24N4O5S/c1-26(23,24)20-10-3-6-14(21)17-9-12-25-13-5-2-7-18-15(13)16(22)19-8-4-11-20/h2,5,7H,3-4,6,8-12H2,1H3,(H,17,21)(H,19,22). The summed E-state index contributed by atoms with van der Waals surface area (Å²) < 4.78 is 30.6. The molecular formula is C16H24N4O5S. The number of pyridine rings is 1. The van der Waals surface area contributed by atoms with Gasteiger partial charge in [0.2, 0.25) is 15.9 Å². The molecule has 2 N–H and O–H groups in total. The number of nitrogens with zero attached hydrogens (tertiary/aromatic N) is 2. The van der Waals surface area contributed by atoms with Gasteiger partial charge < -0.3 is 15.4 Å². The molecular weight excluding hydrogens is 360 g/mol. The maximum absolute atomic E-state index is 12.3. The lowest BCUT2D eigenvalue weighted by Gasteiger charge is -2.20. The van der Waals surface area contributed by atoms with Gasteiger partial charge in [0.25, 0.3) is 5.91 Å². The van der Waals surface area contributed by atoms with Crippen molar-refractivity contribution in [2.24, 2.45) is 0 Å². The largest absolute Gasteiger partial charge is 0.489 e. The van der Waals surface area contributed by atoms with Gasteiger partial charge >= 0.3 is 0 Å². The average Bonchev–Trinajstić information content (AvgIpc) is 2.59. The first-order valence-electron chi connectivity index (χ1n) is 8.46. The number of rotatable bonds is 1. The van der Waals surface area contributed by atoms with E-state index in [1.54, 1.807) is 12.1 Å². The third kappa shape index (κ3) is 6.26. The van der Waals surface area contributed by atoms with Crippen molar-refractivity contribution in [1.82, 2.24) is 19.9 Å². The Morgan fingerprint density at radius 3 is 2.69 bits per heavy atom. The highest BCUT2D eigenvalue weighted by molar-refractivity contribution is 7.88. The SMILES string of the molecule is CS(=O)(=O)N1CCCNC(=O)c2ncccc2OCCNC(=O)CCC1. The molecule has 2 heterocycles. The van der Waals surface area contributed by atoms with Gasteiger partial charge in [-0.1, -0.05) is 0 Å². The number of carbonyl (C=O) groups excluding carboxylic acids is 2. The van der Waals surface area contributed by atoms with E-state index in [9.17, 15) is 18.0 Å². The Labute approximate surface area is 153 Å². The van der Waals surface area contributed by atoms with Crippen LogP contribution in [0.3, 0.4) is 0 Å². The highest BCUT2D eigenvalue weighted by atomic mass is 32.2. The Balaban J connectivity index is 2.09. The molecule has 1 aliphatic heterocycles. The van der Waals surface area contributed by atoms with Crippen molar-refractivity contribution in [2.75, 3.05) is 39.0 Å². The van der Waals surface area contributed by atoms with E-state index >= 15 is 0 Å². The van der Waals surface area contributed by atoms with E-state index in [0.29, 0.717) is 25.1 Å². The van der Waals surface area contributed by atoms with Gasteiger partial charge in [-0.3, -0.25) is 9.59 Å². The van der Waals surface area contributed by atoms with Crippen LogP contribution >= 0.6 is 0 Å². The highest BCUT2D eigenvalue weighted by Gasteiger charge is 2.18. The molecule has 0 fully saturated rings. The zero-order valence-electron chi connectivity index (χ0n) is 14.7. The lowest BCUT2D eigenvalue weighted by atomic mass is 10.2. The number of nitrogens with one attached hydrogen (secondary N) is 2. The first-order valence-corrected chi connectivity index (χ1v) is 10.3. The second-order valence-corrected chi connectivity index (χ2v) is 7.91. The predicted molar refractivity (Wildman–Crippen MR) is 95.3 cm³/mol. The number of hydrogen-bond donors (Lipinski definition) is 2. The highest BCUT2D eigenvalue weighted by Crippen LogP contribution is 2.15. The fraction of sp³-hybridized carbons (Fsp3) is 0.562. The molecule has 26 heavy (non-hydrogen) atoms. The molecule has 0 saturated heterocycles. The summed E-state index contributed by atoms with van der Waals surface area (Å²) in [6.45, 7) is 1.33. The fourth-order valence-electron chi connectivity index (χ4n) is 2.52. The van der Waals surface area contributed by atoms with E-state index in [2.05, 4.69) is 15.6 Å². The van der Waals surface area contributed by atoms with Crippen molar-refractivity contribution in [2.45, 2.75) is 19.3 Å². The van der Waals surface area contributed by atoms with E-state index in [1.165, 1.54) is 10.5 Å². The molecule has 144 valence electrons. The number of carbonyl (C=O) groups is 2. The lowest BCUT2D eigenvalue weighted by Crippen LogP contribution is -2.36. The van der Waals surface area contributed by atoms with Gasteiger partial charge in [-0.25, -0.2) is 17.7 Å². The minimum Gasteiger partial charge on any atom is -0.489 e. The molecule has 2 rings (SSSR count). The second kappa shape index (κ2) is 9.48. The lowest BCUT2D eigenvalue weighted by molar-refractivity contribution is -0.121.